The lowest BCUT2D eigenvalue weighted by Crippen LogP contribution is -2.48. The molecule has 1 aromatic carbocycles. The molecule has 2 unspecified atom stereocenters. The number of hydrogen-bond acceptors (Lipinski definition) is 4. The van der Waals surface area contributed by atoms with Crippen LogP contribution in [0.25, 0.3) is 0 Å². The molecular formula is C13H19BrN2O4S. The second-order valence-electron chi connectivity index (χ2n) is 4.68. The average molecular weight is 379 g/mol. The molecule has 0 aliphatic heterocycles. The first-order valence-electron chi connectivity index (χ1n) is 6.38. The Morgan fingerprint density at radius 3 is 2.57 bits per heavy atom. The van der Waals surface area contributed by atoms with Crippen molar-refractivity contribution in [3.8, 4) is 5.75 Å². The van der Waals surface area contributed by atoms with Crippen LogP contribution in [0.2, 0.25) is 0 Å². The van der Waals surface area contributed by atoms with E-state index in [9.17, 15) is 13.2 Å². The standard InChI is InChI=1S/C13H19BrN2O4S/c1-4-8(2)12(13(15)17)16-21(18,19)11-7-9(14)5-6-10(11)20-3/h5-8,12,16H,4H2,1-3H3,(H2,15,17). The van der Waals surface area contributed by atoms with Crippen molar-refractivity contribution in [2.45, 2.75) is 31.2 Å². The lowest BCUT2D eigenvalue weighted by Gasteiger charge is -2.21. The minimum Gasteiger partial charge on any atom is -0.495 e. The maximum Gasteiger partial charge on any atom is 0.245 e. The normalized spacial score (nSPS) is 14.5. The summed E-state index contributed by atoms with van der Waals surface area (Å²) in [6.07, 6.45) is 0.617. The van der Waals surface area contributed by atoms with Crippen LogP contribution in [0.3, 0.4) is 0 Å². The van der Waals surface area contributed by atoms with E-state index in [1.165, 1.54) is 19.2 Å². The zero-order valence-electron chi connectivity index (χ0n) is 12.1. The Balaban J connectivity index is 3.22. The van der Waals surface area contributed by atoms with Crippen molar-refractivity contribution in [2.24, 2.45) is 11.7 Å². The van der Waals surface area contributed by atoms with Crippen molar-refractivity contribution in [3.05, 3.63) is 22.7 Å². The molecule has 0 fully saturated rings. The van der Waals surface area contributed by atoms with Crippen LogP contribution in [-0.2, 0) is 14.8 Å². The smallest absolute Gasteiger partial charge is 0.245 e. The molecule has 0 aliphatic rings. The summed E-state index contributed by atoms with van der Waals surface area (Å²) in [4.78, 5) is 11.4. The molecule has 0 radical (unpaired) electrons. The number of halogens is 1. The summed E-state index contributed by atoms with van der Waals surface area (Å²) in [6, 6.07) is 3.64. The number of sulfonamides is 1. The molecule has 2 atom stereocenters. The van der Waals surface area contributed by atoms with Gasteiger partial charge in [-0.3, -0.25) is 4.79 Å². The number of carbonyl (C=O) groups is 1. The van der Waals surface area contributed by atoms with Gasteiger partial charge in [0.2, 0.25) is 15.9 Å². The molecule has 1 amide bonds. The van der Waals surface area contributed by atoms with E-state index < -0.39 is 22.0 Å². The molecule has 0 aliphatic carbocycles. The number of methoxy groups -OCH3 is 1. The van der Waals surface area contributed by atoms with E-state index in [4.69, 9.17) is 10.5 Å². The molecular weight excluding hydrogens is 360 g/mol. The van der Waals surface area contributed by atoms with Crippen LogP contribution in [0.15, 0.2) is 27.6 Å². The Bertz CT molecular complexity index is 619. The highest BCUT2D eigenvalue weighted by Gasteiger charge is 2.29. The Morgan fingerprint density at radius 1 is 1.48 bits per heavy atom. The van der Waals surface area contributed by atoms with E-state index in [0.717, 1.165) is 0 Å². The van der Waals surface area contributed by atoms with Crippen LogP contribution < -0.4 is 15.2 Å². The van der Waals surface area contributed by atoms with E-state index in [2.05, 4.69) is 20.7 Å². The van der Waals surface area contributed by atoms with Crippen molar-refractivity contribution in [1.29, 1.82) is 0 Å². The van der Waals surface area contributed by atoms with E-state index in [1.807, 2.05) is 6.92 Å². The molecule has 0 bridgehead atoms. The maximum absolute atomic E-state index is 12.5. The third-order valence-corrected chi connectivity index (χ3v) is 5.17. The van der Waals surface area contributed by atoms with E-state index >= 15 is 0 Å². The first-order chi connectivity index (χ1) is 9.72. The third kappa shape index (κ3) is 4.42. The number of nitrogens with one attached hydrogen (secondary N) is 1. The molecule has 1 rings (SSSR count). The molecule has 0 saturated carbocycles. The second kappa shape index (κ2) is 7.24. The predicted octanol–water partition coefficient (Wildman–Crippen LogP) is 1.64. The van der Waals surface area contributed by atoms with Gasteiger partial charge < -0.3 is 10.5 Å². The number of ether oxygens (including phenoxy) is 1. The molecule has 0 saturated heterocycles. The quantitative estimate of drug-likeness (QED) is 0.752. The van der Waals surface area contributed by atoms with Crippen molar-refractivity contribution in [1.82, 2.24) is 4.72 Å². The Morgan fingerprint density at radius 2 is 2.10 bits per heavy atom. The lowest BCUT2D eigenvalue weighted by atomic mass is 10.00. The van der Waals surface area contributed by atoms with Crippen LogP contribution in [0.1, 0.15) is 20.3 Å². The molecule has 0 heterocycles. The Hall–Kier alpha value is -1.12. The summed E-state index contributed by atoms with van der Waals surface area (Å²) >= 11 is 3.22. The molecule has 0 spiro atoms. The van der Waals surface area contributed by atoms with E-state index in [0.29, 0.717) is 10.9 Å². The zero-order valence-corrected chi connectivity index (χ0v) is 14.5. The molecule has 21 heavy (non-hydrogen) atoms. The van der Waals surface area contributed by atoms with Crippen molar-refractivity contribution < 1.29 is 17.9 Å². The fourth-order valence-corrected chi connectivity index (χ4v) is 3.80. The molecule has 6 nitrogen and oxygen atoms in total. The van der Waals surface area contributed by atoms with Gasteiger partial charge in [0.15, 0.2) is 0 Å². The Labute approximate surface area is 133 Å². The lowest BCUT2D eigenvalue weighted by molar-refractivity contribution is -0.120. The minimum atomic E-state index is -3.93. The van der Waals surface area contributed by atoms with Crippen molar-refractivity contribution in [3.63, 3.8) is 0 Å². The van der Waals surface area contributed by atoms with Gasteiger partial charge in [0, 0.05) is 4.47 Å². The van der Waals surface area contributed by atoms with Gasteiger partial charge in [-0.2, -0.15) is 4.72 Å². The SMILES string of the molecule is CCC(C)C(NS(=O)(=O)c1cc(Br)ccc1OC)C(N)=O. The largest absolute Gasteiger partial charge is 0.495 e. The summed E-state index contributed by atoms with van der Waals surface area (Å²) < 4.78 is 33.0. The number of primary amides is 1. The number of nitrogens with two attached hydrogens (primary N) is 1. The predicted molar refractivity (Wildman–Crippen MR) is 83.5 cm³/mol. The van der Waals surface area contributed by atoms with E-state index in [1.54, 1.807) is 13.0 Å². The van der Waals surface area contributed by atoms with Crippen LogP contribution in [0, 0.1) is 5.92 Å². The summed E-state index contributed by atoms with van der Waals surface area (Å²) in [5, 5.41) is 0. The minimum absolute atomic E-state index is 0.0473. The highest BCUT2D eigenvalue weighted by molar-refractivity contribution is 9.10. The number of hydrogen-bond donors (Lipinski definition) is 2. The fourth-order valence-electron chi connectivity index (χ4n) is 1.78. The van der Waals surface area contributed by atoms with Crippen LogP contribution in [-0.4, -0.2) is 27.5 Å². The zero-order chi connectivity index (χ0) is 16.2. The molecule has 118 valence electrons. The van der Waals surface area contributed by atoms with Crippen LogP contribution in [0.5, 0.6) is 5.75 Å². The highest BCUT2D eigenvalue weighted by atomic mass is 79.9. The summed E-state index contributed by atoms with van der Waals surface area (Å²) in [5.74, 6) is -0.726. The number of amides is 1. The first-order valence-corrected chi connectivity index (χ1v) is 8.65. The molecule has 8 heteroatoms. The van der Waals surface area contributed by atoms with Gasteiger partial charge in [0.05, 0.1) is 7.11 Å². The van der Waals surface area contributed by atoms with Gasteiger partial charge >= 0.3 is 0 Å². The number of carbonyl (C=O) groups excluding carboxylic acids is 1. The molecule has 0 aromatic heterocycles. The van der Waals surface area contributed by atoms with Crippen molar-refractivity contribution in [2.75, 3.05) is 7.11 Å². The van der Waals surface area contributed by atoms with Gasteiger partial charge in [0.1, 0.15) is 16.7 Å². The third-order valence-electron chi connectivity index (χ3n) is 3.22. The monoisotopic (exact) mass is 378 g/mol. The topological polar surface area (TPSA) is 98.5 Å². The summed E-state index contributed by atoms with van der Waals surface area (Å²) in [6.45, 7) is 3.62. The fraction of sp³-hybridized carbons (Fsp3) is 0.462. The van der Waals surface area contributed by atoms with Gasteiger partial charge in [0.25, 0.3) is 0 Å². The van der Waals surface area contributed by atoms with Gasteiger partial charge in [-0.15, -0.1) is 0 Å². The van der Waals surface area contributed by atoms with Gasteiger partial charge in [-0.05, 0) is 24.1 Å². The second-order valence-corrected chi connectivity index (χ2v) is 7.28. The average Bonchev–Trinajstić information content (AvgIpc) is 2.43. The summed E-state index contributed by atoms with van der Waals surface area (Å²) in [5.41, 5.74) is 5.29. The van der Waals surface area contributed by atoms with Crippen molar-refractivity contribution >= 4 is 31.9 Å². The Kier molecular flexibility index (Phi) is 6.18. The first kappa shape index (κ1) is 17.9. The molecule has 3 N–H and O–H groups in total. The number of rotatable bonds is 7. The number of benzene rings is 1. The molecule has 1 aromatic rings. The van der Waals surface area contributed by atoms with Crippen LogP contribution >= 0.6 is 15.9 Å². The van der Waals surface area contributed by atoms with Gasteiger partial charge in [-0.1, -0.05) is 36.2 Å². The van der Waals surface area contributed by atoms with Gasteiger partial charge in [-0.25, -0.2) is 8.42 Å². The highest BCUT2D eigenvalue weighted by Crippen LogP contribution is 2.27. The van der Waals surface area contributed by atoms with E-state index in [-0.39, 0.29) is 16.6 Å². The van der Waals surface area contributed by atoms with Crippen LogP contribution in [0.4, 0.5) is 0 Å². The maximum atomic E-state index is 12.5. The summed E-state index contributed by atoms with van der Waals surface area (Å²) in [7, 11) is -2.55.